The lowest BCUT2D eigenvalue weighted by molar-refractivity contribution is 0.0429. The summed E-state index contributed by atoms with van der Waals surface area (Å²) in [5.74, 6) is 0. The minimum absolute atomic E-state index is 0.601. The van der Waals surface area contributed by atoms with Crippen molar-refractivity contribution >= 4 is 0 Å². The first-order valence-electron chi connectivity index (χ1n) is 5.13. The Balaban J connectivity index is 2.12. The molecule has 0 amide bonds. The van der Waals surface area contributed by atoms with Crippen LogP contribution in [0.2, 0.25) is 0 Å². The van der Waals surface area contributed by atoms with E-state index in [9.17, 15) is 0 Å². The zero-order valence-corrected chi connectivity index (χ0v) is 8.72. The minimum Gasteiger partial charge on any atom is -0.381 e. The molecule has 5 heteroatoms. The average molecular weight is 198 g/mol. The Hall–Kier alpha value is -0.770. The maximum absolute atomic E-state index is 8.11. The van der Waals surface area contributed by atoms with Gasteiger partial charge in [0.05, 0.1) is 0 Å². The van der Waals surface area contributed by atoms with Crippen LogP contribution >= 0.6 is 0 Å². The van der Waals surface area contributed by atoms with Crippen molar-refractivity contribution in [3.8, 4) is 0 Å². The normalized spacial score (nSPS) is 18.1. The number of hydrogen-bond donors (Lipinski definition) is 0. The largest absolute Gasteiger partial charge is 0.381 e. The molecule has 0 N–H and O–H groups in total. The van der Waals surface area contributed by atoms with Gasteiger partial charge in [0.25, 0.3) is 0 Å². The Labute approximate surface area is 84.7 Å². The predicted octanol–water partition coefficient (Wildman–Crippen LogP) is 1.80. The smallest absolute Gasteiger partial charge is 0.0480 e. The van der Waals surface area contributed by atoms with E-state index < -0.39 is 0 Å². The number of rotatable bonds is 5. The van der Waals surface area contributed by atoms with Gasteiger partial charge in [0.1, 0.15) is 0 Å². The molecular formula is C9H18N4O. The van der Waals surface area contributed by atoms with Crippen LogP contribution in [0, 0.1) is 0 Å². The van der Waals surface area contributed by atoms with Crippen LogP contribution in [0.25, 0.3) is 10.4 Å². The highest BCUT2D eigenvalue weighted by atomic mass is 16.5. The molecule has 0 spiro atoms. The standard InChI is InChI=1S/C9H18N4O/c1-13(6-2-5-11-12-10)9-3-7-14-8-4-9/h9H,2-8H2,1H3. The molecule has 1 aliphatic rings. The van der Waals surface area contributed by atoms with Gasteiger partial charge in [-0.15, -0.1) is 0 Å². The lowest BCUT2D eigenvalue weighted by Gasteiger charge is -2.30. The molecule has 5 nitrogen and oxygen atoms in total. The Bertz CT molecular complexity index is 197. The van der Waals surface area contributed by atoms with Crippen molar-refractivity contribution in [3.63, 3.8) is 0 Å². The second-order valence-corrected chi connectivity index (χ2v) is 3.63. The third-order valence-electron chi connectivity index (χ3n) is 2.65. The summed E-state index contributed by atoms with van der Waals surface area (Å²) < 4.78 is 5.30. The van der Waals surface area contributed by atoms with Gasteiger partial charge in [0.15, 0.2) is 0 Å². The summed E-state index contributed by atoms with van der Waals surface area (Å²) in [6.45, 7) is 3.37. The molecule has 1 rings (SSSR count). The SMILES string of the molecule is CN(CCCN=[N+]=[N-])C1CCOCC1. The van der Waals surface area contributed by atoms with E-state index in [0.29, 0.717) is 12.6 Å². The molecule has 0 aromatic rings. The molecule has 0 aromatic heterocycles. The van der Waals surface area contributed by atoms with Crippen molar-refractivity contribution in [3.05, 3.63) is 10.4 Å². The number of hydrogen-bond acceptors (Lipinski definition) is 3. The molecule has 0 aliphatic carbocycles. The molecule has 0 unspecified atom stereocenters. The van der Waals surface area contributed by atoms with Gasteiger partial charge in [-0.25, -0.2) is 0 Å². The molecule has 80 valence electrons. The van der Waals surface area contributed by atoms with Gasteiger partial charge in [-0.3, -0.25) is 0 Å². The summed E-state index contributed by atoms with van der Waals surface area (Å²) in [5, 5.41) is 3.52. The molecule has 0 aromatic carbocycles. The van der Waals surface area contributed by atoms with Crippen LogP contribution in [0.3, 0.4) is 0 Å². The fourth-order valence-corrected chi connectivity index (χ4v) is 1.74. The van der Waals surface area contributed by atoms with E-state index >= 15 is 0 Å². The van der Waals surface area contributed by atoms with Crippen molar-refractivity contribution in [1.29, 1.82) is 0 Å². The fourth-order valence-electron chi connectivity index (χ4n) is 1.74. The number of nitrogens with zero attached hydrogens (tertiary/aromatic N) is 4. The van der Waals surface area contributed by atoms with Crippen LogP contribution in [0.15, 0.2) is 5.11 Å². The zero-order valence-electron chi connectivity index (χ0n) is 8.72. The monoisotopic (exact) mass is 198 g/mol. The fraction of sp³-hybridized carbons (Fsp3) is 1.00. The van der Waals surface area contributed by atoms with Crippen molar-refractivity contribution in [2.75, 3.05) is 33.4 Å². The molecule has 1 saturated heterocycles. The molecule has 14 heavy (non-hydrogen) atoms. The highest BCUT2D eigenvalue weighted by Gasteiger charge is 2.17. The zero-order chi connectivity index (χ0) is 10.2. The maximum Gasteiger partial charge on any atom is 0.0480 e. The highest BCUT2D eigenvalue weighted by molar-refractivity contribution is 4.71. The summed E-state index contributed by atoms with van der Waals surface area (Å²) in [4.78, 5) is 5.07. The van der Waals surface area contributed by atoms with Gasteiger partial charge in [-0.2, -0.15) is 0 Å². The van der Waals surface area contributed by atoms with Crippen molar-refractivity contribution in [1.82, 2.24) is 4.90 Å². The summed E-state index contributed by atoms with van der Waals surface area (Å²) in [5.41, 5.74) is 8.11. The number of ether oxygens (including phenoxy) is 1. The van der Waals surface area contributed by atoms with E-state index in [2.05, 4.69) is 22.0 Å². The molecule has 0 saturated carbocycles. The van der Waals surface area contributed by atoms with E-state index in [1.54, 1.807) is 0 Å². The van der Waals surface area contributed by atoms with Gasteiger partial charge in [0.2, 0.25) is 0 Å². The number of azide groups is 1. The van der Waals surface area contributed by atoms with Gasteiger partial charge < -0.3 is 9.64 Å². The first kappa shape index (κ1) is 11.3. The van der Waals surface area contributed by atoms with E-state index in [-0.39, 0.29) is 0 Å². The molecule has 1 aliphatic heterocycles. The van der Waals surface area contributed by atoms with E-state index in [1.807, 2.05) is 0 Å². The molecule has 1 heterocycles. The van der Waals surface area contributed by atoms with Crippen molar-refractivity contribution < 1.29 is 4.74 Å². The topological polar surface area (TPSA) is 61.2 Å². The molecule has 1 fully saturated rings. The minimum atomic E-state index is 0.601. The Morgan fingerprint density at radius 1 is 1.50 bits per heavy atom. The van der Waals surface area contributed by atoms with Crippen molar-refractivity contribution in [2.24, 2.45) is 5.11 Å². The highest BCUT2D eigenvalue weighted by Crippen LogP contribution is 2.12. The summed E-state index contributed by atoms with van der Waals surface area (Å²) >= 11 is 0. The molecular weight excluding hydrogens is 180 g/mol. The van der Waals surface area contributed by atoms with Crippen LogP contribution in [0.4, 0.5) is 0 Å². The first-order valence-corrected chi connectivity index (χ1v) is 5.13. The Morgan fingerprint density at radius 3 is 2.86 bits per heavy atom. The van der Waals surface area contributed by atoms with Gasteiger partial charge >= 0.3 is 0 Å². The summed E-state index contributed by atoms with van der Waals surface area (Å²) in [7, 11) is 2.13. The predicted molar refractivity (Wildman–Crippen MR) is 55.1 cm³/mol. The Kier molecular flexibility index (Phi) is 5.37. The van der Waals surface area contributed by atoms with Gasteiger partial charge in [-0.1, -0.05) is 5.11 Å². The van der Waals surface area contributed by atoms with E-state index in [0.717, 1.165) is 39.0 Å². The van der Waals surface area contributed by atoms with Crippen LogP contribution in [0.1, 0.15) is 19.3 Å². The first-order chi connectivity index (χ1) is 6.84. The third-order valence-corrected chi connectivity index (χ3v) is 2.65. The van der Waals surface area contributed by atoms with Gasteiger partial charge in [-0.05, 0) is 38.4 Å². The molecule has 0 radical (unpaired) electrons. The lowest BCUT2D eigenvalue weighted by Crippen LogP contribution is -2.37. The average Bonchev–Trinajstić information content (AvgIpc) is 2.25. The summed E-state index contributed by atoms with van der Waals surface area (Å²) in [6, 6.07) is 0.648. The van der Waals surface area contributed by atoms with Crippen LogP contribution < -0.4 is 0 Å². The second kappa shape index (κ2) is 6.65. The third kappa shape index (κ3) is 3.96. The van der Waals surface area contributed by atoms with E-state index in [1.165, 1.54) is 0 Å². The van der Waals surface area contributed by atoms with Gasteiger partial charge in [0, 0.05) is 30.7 Å². The van der Waals surface area contributed by atoms with Crippen molar-refractivity contribution in [2.45, 2.75) is 25.3 Å². The van der Waals surface area contributed by atoms with Crippen LogP contribution in [0.5, 0.6) is 0 Å². The molecule has 0 bridgehead atoms. The summed E-state index contributed by atoms with van der Waals surface area (Å²) in [6.07, 6.45) is 3.19. The second-order valence-electron chi connectivity index (χ2n) is 3.63. The van der Waals surface area contributed by atoms with Crippen LogP contribution in [-0.2, 0) is 4.74 Å². The lowest BCUT2D eigenvalue weighted by atomic mass is 10.1. The molecule has 0 atom stereocenters. The van der Waals surface area contributed by atoms with E-state index in [4.69, 9.17) is 10.3 Å². The Morgan fingerprint density at radius 2 is 2.21 bits per heavy atom. The maximum atomic E-state index is 8.11. The quantitative estimate of drug-likeness (QED) is 0.292. The van der Waals surface area contributed by atoms with Crippen LogP contribution in [-0.4, -0.2) is 44.3 Å².